The molecule has 2 aromatic rings. The molecule has 0 fully saturated rings. The van der Waals surface area contributed by atoms with Crippen molar-refractivity contribution in [1.82, 2.24) is 0 Å². The lowest BCUT2D eigenvalue weighted by atomic mass is 9.67. The van der Waals surface area contributed by atoms with Gasteiger partial charge in [-0.15, -0.1) is 0 Å². The van der Waals surface area contributed by atoms with Crippen molar-refractivity contribution >= 4 is 29.1 Å². The van der Waals surface area contributed by atoms with Gasteiger partial charge in [-0.2, -0.15) is 0 Å². The summed E-state index contributed by atoms with van der Waals surface area (Å²) in [4.78, 5) is 0. The van der Waals surface area contributed by atoms with Gasteiger partial charge in [-0.05, 0) is 34.8 Å². The van der Waals surface area contributed by atoms with Gasteiger partial charge in [0.05, 0.1) is 0 Å². The number of hydrogen-bond acceptors (Lipinski definition) is 0. The molecule has 1 atom stereocenters. The monoisotopic (exact) mass is 272 g/mol. The van der Waals surface area contributed by atoms with Crippen molar-refractivity contribution in [1.29, 1.82) is 0 Å². The second-order valence-electron chi connectivity index (χ2n) is 5.94. The molecule has 0 aliphatic carbocycles. The van der Waals surface area contributed by atoms with Gasteiger partial charge >= 0.3 is 0 Å². The van der Waals surface area contributed by atoms with Crippen LogP contribution in [-0.4, -0.2) is 7.28 Å². The summed E-state index contributed by atoms with van der Waals surface area (Å²) >= 11 is 0. The summed E-state index contributed by atoms with van der Waals surface area (Å²) in [7, 11) is 1.08. The topological polar surface area (TPSA) is 0 Å². The van der Waals surface area contributed by atoms with E-state index in [4.69, 9.17) is 0 Å². The van der Waals surface area contributed by atoms with E-state index in [1.54, 1.807) is 0 Å². The third kappa shape index (κ3) is 2.61. The Bertz CT molecular complexity index is 763. The number of fused-ring (bicyclic) bond motifs is 3. The second kappa shape index (κ2) is 5.77. The quantitative estimate of drug-likeness (QED) is 0.573. The SMILES string of the molecule is C/C=C\C(C)/C=C\C1=C(C)Bc2ccc3ccccc3c21. The van der Waals surface area contributed by atoms with Crippen molar-refractivity contribution in [3.05, 3.63) is 71.7 Å². The molecule has 0 spiro atoms. The van der Waals surface area contributed by atoms with Gasteiger partial charge in [0.25, 0.3) is 0 Å². The van der Waals surface area contributed by atoms with Crippen LogP contribution < -0.4 is 5.46 Å². The van der Waals surface area contributed by atoms with Gasteiger partial charge in [0.2, 0.25) is 0 Å². The molecule has 0 saturated heterocycles. The van der Waals surface area contributed by atoms with E-state index < -0.39 is 0 Å². The number of hydrogen-bond donors (Lipinski definition) is 0. The molecule has 1 aliphatic rings. The van der Waals surface area contributed by atoms with Gasteiger partial charge in [-0.3, -0.25) is 0 Å². The maximum absolute atomic E-state index is 2.32. The van der Waals surface area contributed by atoms with Crippen LogP contribution in [-0.2, 0) is 0 Å². The van der Waals surface area contributed by atoms with Crippen molar-refractivity contribution in [2.24, 2.45) is 5.92 Å². The van der Waals surface area contributed by atoms with Crippen LogP contribution in [0.5, 0.6) is 0 Å². The molecule has 0 nitrogen and oxygen atoms in total. The standard InChI is InChI=1S/C20H21B/c1-4-7-14(2)10-12-17-15(3)21-19-13-11-16-8-5-6-9-18(16)20(17)19/h4-14,21H,1-3H3/b7-4-,12-10-. The van der Waals surface area contributed by atoms with Crippen LogP contribution in [0.2, 0.25) is 0 Å². The third-order valence-electron chi connectivity index (χ3n) is 4.26. The van der Waals surface area contributed by atoms with E-state index in [-0.39, 0.29) is 0 Å². The van der Waals surface area contributed by atoms with Gasteiger partial charge in [-0.25, -0.2) is 0 Å². The normalized spacial score (nSPS) is 16.0. The van der Waals surface area contributed by atoms with E-state index in [1.165, 1.54) is 32.8 Å². The van der Waals surface area contributed by atoms with Crippen LogP contribution >= 0.6 is 0 Å². The van der Waals surface area contributed by atoms with Crippen molar-refractivity contribution in [3.8, 4) is 0 Å². The third-order valence-corrected chi connectivity index (χ3v) is 4.26. The number of allylic oxidation sites excluding steroid dienone is 6. The molecule has 0 saturated carbocycles. The minimum absolute atomic E-state index is 0.481. The molecule has 0 N–H and O–H groups in total. The zero-order valence-electron chi connectivity index (χ0n) is 13.1. The number of rotatable bonds is 3. The van der Waals surface area contributed by atoms with Crippen molar-refractivity contribution < 1.29 is 0 Å². The summed E-state index contributed by atoms with van der Waals surface area (Å²) in [5.74, 6) is 0.481. The number of benzene rings is 2. The van der Waals surface area contributed by atoms with Crippen LogP contribution in [0.3, 0.4) is 0 Å². The van der Waals surface area contributed by atoms with E-state index in [2.05, 4.69) is 81.5 Å². The van der Waals surface area contributed by atoms with Crippen molar-refractivity contribution in [3.63, 3.8) is 0 Å². The predicted molar refractivity (Wildman–Crippen MR) is 96.4 cm³/mol. The highest BCUT2D eigenvalue weighted by molar-refractivity contribution is 6.67. The minimum atomic E-state index is 0.481. The average Bonchev–Trinajstić information content (AvgIpc) is 2.81. The van der Waals surface area contributed by atoms with Gasteiger partial charge < -0.3 is 0 Å². The average molecular weight is 272 g/mol. The Morgan fingerprint density at radius 3 is 2.67 bits per heavy atom. The lowest BCUT2D eigenvalue weighted by Crippen LogP contribution is -2.12. The predicted octanol–water partition coefficient (Wildman–Crippen LogP) is 4.41. The van der Waals surface area contributed by atoms with Gasteiger partial charge in [-0.1, -0.05) is 85.5 Å². The maximum Gasteiger partial charge on any atom is 0.188 e. The zero-order chi connectivity index (χ0) is 14.8. The summed E-state index contributed by atoms with van der Waals surface area (Å²) in [5, 5.41) is 2.71. The van der Waals surface area contributed by atoms with Crippen molar-refractivity contribution in [2.45, 2.75) is 20.8 Å². The first kappa shape index (κ1) is 13.9. The van der Waals surface area contributed by atoms with Crippen LogP contribution in [0.15, 0.2) is 66.2 Å². The molecule has 0 amide bonds. The molecule has 2 aromatic carbocycles. The summed E-state index contributed by atoms with van der Waals surface area (Å²) in [5.41, 5.74) is 5.79. The first-order chi connectivity index (χ1) is 10.2. The summed E-state index contributed by atoms with van der Waals surface area (Å²) < 4.78 is 0. The molecule has 21 heavy (non-hydrogen) atoms. The Hall–Kier alpha value is -2.02. The Labute approximate surface area is 128 Å². The van der Waals surface area contributed by atoms with Crippen LogP contribution in [0.1, 0.15) is 26.3 Å². The molecule has 0 aromatic heterocycles. The molecule has 104 valence electrons. The first-order valence-corrected chi connectivity index (χ1v) is 7.72. The van der Waals surface area contributed by atoms with Crippen LogP contribution in [0, 0.1) is 5.92 Å². The molecule has 0 bridgehead atoms. The Kier molecular flexibility index (Phi) is 3.83. The molecule has 1 heteroatoms. The smallest absolute Gasteiger partial charge is 0.0949 e. The van der Waals surface area contributed by atoms with E-state index in [1.807, 2.05) is 0 Å². The fraction of sp³-hybridized carbons (Fsp3) is 0.200. The summed E-state index contributed by atoms with van der Waals surface area (Å²) in [6.45, 7) is 6.56. The first-order valence-electron chi connectivity index (χ1n) is 7.72. The maximum atomic E-state index is 2.32. The summed E-state index contributed by atoms with van der Waals surface area (Å²) in [6.07, 6.45) is 8.97. The molecule has 1 unspecified atom stereocenters. The largest absolute Gasteiger partial charge is 0.188 e. The van der Waals surface area contributed by atoms with E-state index in [0.717, 1.165) is 7.28 Å². The Morgan fingerprint density at radius 1 is 1.05 bits per heavy atom. The highest BCUT2D eigenvalue weighted by Gasteiger charge is 2.20. The highest BCUT2D eigenvalue weighted by atomic mass is 14.2. The molecule has 0 radical (unpaired) electrons. The minimum Gasteiger partial charge on any atom is -0.0949 e. The second-order valence-corrected chi connectivity index (χ2v) is 5.94. The van der Waals surface area contributed by atoms with Crippen molar-refractivity contribution in [2.75, 3.05) is 0 Å². The molecule has 1 aliphatic heterocycles. The fourth-order valence-corrected chi connectivity index (χ4v) is 3.22. The molecule has 1 heterocycles. The van der Waals surface area contributed by atoms with Crippen LogP contribution in [0.25, 0.3) is 16.3 Å². The van der Waals surface area contributed by atoms with Gasteiger partial charge in [0.15, 0.2) is 7.28 Å². The fourth-order valence-electron chi connectivity index (χ4n) is 3.22. The Balaban J connectivity index is 2.09. The van der Waals surface area contributed by atoms with E-state index in [0.29, 0.717) is 5.92 Å². The lowest BCUT2D eigenvalue weighted by molar-refractivity contribution is 0.938. The van der Waals surface area contributed by atoms with Gasteiger partial charge in [0, 0.05) is 0 Å². The molecule has 3 rings (SSSR count). The van der Waals surface area contributed by atoms with Gasteiger partial charge in [0.1, 0.15) is 0 Å². The zero-order valence-corrected chi connectivity index (χ0v) is 13.1. The van der Waals surface area contributed by atoms with Crippen LogP contribution in [0.4, 0.5) is 0 Å². The summed E-state index contributed by atoms with van der Waals surface area (Å²) in [6, 6.07) is 13.2. The highest BCUT2D eigenvalue weighted by Crippen LogP contribution is 2.31. The Morgan fingerprint density at radius 2 is 1.86 bits per heavy atom. The molecular formula is C20H21B. The van der Waals surface area contributed by atoms with E-state index in [9.17, 15) is 0 Å². The lowest BCUT2D eigenvalue weighted by Gasteiger charge is -2.09. The molecular weight excluding hydrogens is 251 g/mol. The van der Waals surface area contributed by atoms with E-state index >= 15 is 0 Å².